The highest BCUT2D eigenvalue weighted by Gasteiger charge is 2.21. The van der Waals surface area contributed by atoms with Crippen molar-refractivity contribution < 1.29 is 4.74 Å². The second-order valence-corrected chi connectivity index (χ2v) is 5.02. The fourth-order valence-corrected chi connectivity index (χ4v) is 2.32. The van der Waals surface area contributed by atoms with Gasteiger partial charge >= 0.3 is 0 Å². The Hall–Kier alpha value is -1.69. The van der Waals surface area contributed by atoms with E-state index in [1.807, 2.05) is 32.0 Å². The molecule has 1 heterocycles. The van der Waals surface area contributed by atoms with Gasteiger partial charge < -0.3 is 9.64 Å². The lowest BCUT2D eigenvalue weighted by molar-refractivity contribution is 0.242. The first kappa shape index (κ1) is 12.8. The van der Waals surface area contributed by atoms with Gasteiger partial charge in [-0.1, -0.05) is 12.1 Å². The predicted molar refractivity (Wildman–Crippen MR) is 72.8 cm³/mol. The van der Waals surface area contributed by atoms with Gasteiger partial charge in [-0.05, 0) is 38.8 Å². The number of rotatable bonds is 3. The summed E-state index contributed by atoms with van der Waals surface area (Å²) in [4.78, 5) is 2.32. The molecule has 0 bridgehead atoms. The molecule has 96 valence electrons. The van der Waals surface area contributed by atoms with Crippen molar-refractivity contribution in [1.29, 1.82) is 5.26 Å². The maximum atomic E-state index is 8.93. The Morgan fingerprint density at radius 2 is 1.94 bits per heavy atom. The van der Waals surface area contributed by atoms with Crippen molar-refractivity contribution >= 4 is 5.69 Å². The topological polar surface area (TPSA) is 36.3 Å². The zero-order valence-electron chi connectivity index (χ0n) is 11.1. The number of ether oxygens (including phenoxy) is 1. The SMILES string of the molecule is CC(C)Oc1ccccc1N1CCC(C#N)CC1. The molecule has 3 heteroatoms. The summed E-state index contributed by atoms with van der Waals surface area (Å²) in [5.74, 6) is 1.17. The number of nitrogens with zero attached hydrogens (tertiary/aromatic N) is 2. The Labute approximate surface area is 109 Å². The van der Waals surface area contributed by atoms with E-state index in [0.29, 0.717) is 0 Å². The van der Waals surface area contributed by atoms with Crippen LogP contribution in [0.1, 0.15) is 26.7 Å². The van der Waals surface area contributed by atoms with Crippen LogP contribution in [0.4, 0.5) is 5.69 Å². The third-order valence-corrected chi connectivity index (χ3v) is 3.25. The molecular formula is C15H20N2O. The number of hydrogen-bond acceptors (Lipinski definition) is 3. The zero-order valence-corrected chi connectivity index (χ0v) is 11.1. The van der Waals surface area contributed by atoms with Gasteiger partial charge in [0.1, 0.15) is 5.75 Å². The van der Waals surface area contributed by atoms with E-state index >= 15 is 0 Å². The monoisotopic (exact) mass is 244 g/mol. The summed E-state index contributed by atoms with van der Waals surface area (Å²) in [5.41, 5.74) is 1.16. The Balaban J connectivity index is 2.11. The number of nitriles is 1. The Kier molecular flexibility index (Phi) is 4.09. The van der Waals surface area contributed by atoms with E-state index in [9.17, 15) is 0 Å². The van der Waals surface area contributed by atoms with E-state index in [0.717, 1.165) is 37.4 Å². The number of hydrogen-bond donors (Lipinski definition) is 0. The summed E-state index contributed by atoms with van der Waals surface area (Å²) in [6, 6.07) is 10.5. The molecule has 0 aliphatic carbocycles. The largest absolute Gasteiger partial charge is 0.489 e. The van der Waals surface area contributed by atoms with Crippen LogP contribution in [0.3, 0.4) is 0 Å². The number of benzene rings is 1. The lowest BCUT2D eigenvalue weighted by Gasteiger charge is -2.32. The lowest BCUT2D eigenvalue weighted by Crippen LogP contribution is -2.33. The van der Waals surface area contributed by atoms with Crippen molar-refractivity contribution in [3.63, 3.8) is 0 Å². The normalized spacial score (nSPS) is 16.7. The van der Waals surface area contributed by atoms with Gasteiger partial charge in [0.05, 0.1) is 17.9 Å². The summed E-state index contributed by atoms with van der Waals surface area (Å²) in [7, 11) is 0. The first-order valence-electron chi connectivity index (χ1n) is 6.61. The molecule has 0 radical (unpaired) electrons. The van der Waals surface area contributed by atoms with Crippen LogP contribution >= 0.6 is 0 Å². The highest BCUT2D eigenvalue weighted by atomic mass is 16.5. The van der Waals surface area contributed by atoms with E-state index in [-0.39, 0.29) is 12.0 Å². The molecule has 1 aromatic rings. The Morgan fingerprint density at radius 3 is 2.56 bits per heavy atom. The predicted octanol–water partition coefficient (Wildman–Crippen LogP) is 3.21. The van der Waals surface area contributed by atoms with Gasteiger partial charge in [-0.3, -0.25) is 0 Å². The maximum Gasteiger partial charge on any atom is 0.142 e. The van der Waals surface area contributed by atoms with Crippen molar-refractivity contribution in [2.24, 2.45) is 5.92 Å². The lowest BCUT2D eigenvalue weighted by atomic mass is 9.98. The fourth-order valence-electron chi connectivity index (χ4n) is 2.32. The van der Waals surface area contributed by atoms with Crippen LogP contribution in [0.15, 0.2) is 24.3 Å². The van der Waals surface area contributed by atoms with Gasteiger partial charge in [0, 0.05) is 19.0 Å². The van der Waals surface area contributed by atoms with Crippen molar-refractivity contribution in [1.82, 2.24) is 0 Å². The molecular weight excluding hydrogens is 224 g/mol. The van der Waals surface area contributed by atoms with Gasteiger partial charge in [-0.2, -0.15) is 5.26 Å². The summed E-state index contributed by atoms with van der Waals surface area (Å²) in [6.07, 6.45) is 2.08. The molecule has 1 aromatic carbocycles. The van der Waals surface area contributed by atoms with E-state index in [1.165, 1.54) is 0 Å². The average molecular weight is 244 g/mol. The highest BCUT2D eigenvalue weighted by Crippen LogP contribution is 2.31. The molecule has 3 nitrogen and oxygen atoms in total. The van der Waals surface area contributed by atoms with Crippen LogP contribution in [0, 0.1) is 17.2 Å². The van der Waals surface area contributed by atoms with Crippen molar-refractivity contribution in [2.75, 3.05) is 18.0 Å². The Bertz CT molecular complexity index is 428. The molecule has 0 atom stereocenters. The average Bonchev–Trinajstić information content (AvgIpc) is 2.39. The first-order chi connectivity index (χ1) is 8.70. The number of anilines is 1. The van der Waals surface area contributed by atoms with Gasteiger partial charge in [-0.25, -0.2) is 0 Å². The maximum absolute atomic E-state index is 8.93. The molecule has 0 spiro atoms. The van der Waals surface area contributed by atoms with Crippen molar-refractivity contribution in [2.45, 2.75) is 32.8 Å². The molecule has 18 heavy (non-hydrogen) atoms. The molecule has 0 N–H and O–H groups in total. The van der Waals surface area contributed by atoms with Gasteiger partial charge in [0.2, 0.25) is 0 Å². The van der Waals surface area contributed by atoms with Gasteiger partial charge in [0.25, 0.3) is 0 Å². The van der Waals surface area contributed by atoms with E-state index < -0.39 is 0 Å². The third kappa shape index (κ3) is 2.95. The summed E-state index contributed by atoms with van der Waals surface area (Å²) in [5, 5.41) is 8.93. The Morgan fingerprint density at radius 1 is 1.28 bits per heavy atom. The standard InChI is InChI=1S/C15H20N2O/c1-12(2)18-15-6-4-3-5-14(15)17-9-7-13(11-16)8-10-17/h3-6,12-13H,7-10H2,1-2H3. The van der Waals surface area contributed by atoms with Crippen LogP contribution in [-0.2, 0) is 0 Å². The molecule has 0 aromatic heterocycles. The minimum Gasteiger partial charge on any atom is -0.489 e. The third-order valence-electron chi connectivity index (χ3n) is 3.25. The number of piperidine rings is 1. The quantitative estimate of drug-likeness (QED) is 0.819. The second-order valence-electron chi connectivity index (χ2n) is 5.02. The zero-order chi connectivity index (χ0) is 13.0. The van der Waals surface area contributed by atoms with E-state index in [1.54, 1.807) is 0 Å². The van der Waals surface area contributed by atoms with Crippen molar-refractivity contribution in [3.8, 4) is 11.8 Å². The first-order valence-corrected chi connectivity index (χ1v) is 6.61. The van der Waals surface area contributed by atoms with Crippen LogP contribution < -0.4 is 9.64 Å². The minimum absolute atomic E-state index is 0.183. The minimum atomic E-state index is 0.183. The van der Waals surface area contributed by atoms with E-state index in [4.69, 9.17) is 10.00 Å². The second kappa shape index (κ2) is 5.77. The van der Waals surface area contributed by atoms with Crippen LogP contribution in [0.25, 0.3) is 0 Å². The molecule has 1 aliphatic heterocycles. The van der Waals surface area contributed by atoms with Crippen LogP contribution in [0.5, 0.6) is 5.75 Å². The number of para-hydroxylation sites is 2. The van der Waals surface area contributed by atoms with Gasteiger partial charge in [0.15, 0.2) is 0 Å². The summed E-state index contributed by atoms with van der Waals surface area (Å²) < 4.78 is 5.85. The molecule has 1 fully saturated rings. The molecule has 0 unspecified atom stereocenters. The van der Waals surface area contributed by atoms with Gasteiger partial charge in [-0.15, -0.1) is 0 Å². The summed E-state index contributed by atoms with van der Waals surface area (Å²) in [6.45, 7) is 5.96. The molecule has 1 saturated heterocycles. The fraction of sp³-hybridized carbons (Fsp3) is 0.533. The summed E-state index contributed by atoms with van der Waals surface area (Å²) >= 11 is 0. The molecule has 1 aliphatic rings. The molecule has 0 amide bonds. The van der Waals surface area contributed by atoms with E-state index in [2.05, 4.69) is 17.0 Å². The van der Waals surface area contributed by atoms with Crippen LogP contribution in [0.2, 0.25) is 0 Å². The smallest absolute Gasteiger partial charge is 0.142 e. The van der Waals surface area contributed by atoms with Crippen LogP contribution in [-0.4, -0.2) is 19.2 Å². The van der Waals surface area contributed by atoms with Crippen molar-refractivity contribution in [3.05, 3.63) is 24.3 Å². The molecule has 0 saturated carbocycles. The molecule has 2 rings (SSSR count). The highest BCUT2D eigenvalue weighted by molar-refractivity contribution is 5.58.